The number of rotatable bonds is 10. The van der Waals surface area contributed by atoms with Crippen LogP contribution >= 0.6 is 0 Å². The third kappa shape index (κ3) is 9.12. The third-order valence-corrected chi connectivity index (χ3v) is 3.95. The Hall–Kier alpha value is -4.36. The lowest BCUT2D eigenvalue weighted by Gasteiger charge is -2.18. The van der Waals surface area contributed by atoms with E-state index in [2.05, 4.69) is 0 Å². The standard InChI is InChI=1S/C24H21N3O4/c25-14-22(15-26)12-7-13-27(16-23(28)30-18-20-8-3-1-4-9-20)17-24(29)31-19-21-10-5-2-6-11-21/h1-13H,16-19H2/b13-7+. The lowest BCUT2D eigenvalue weighted by molar-refractivity contribution is -0.148. The molecule has 156 valence electrons. The van der Waals surface area contributed by atoms with Crippen molar-refractivity contribution in [2.75, 3.05) is 13.1 Å². The highest BCUT2D eigenvalue weighted by Crippen LogP contribution is 2.04. The summed E-state index contributed by atoms with van der Waals surface area (Å²) in [6.45, 7) is -0.177. The number of nitrogens with zero attached hydrogens (tertiary/aromatic N) is 3. The minimum absolute atomic E-state index is 0.102. The third-order valence-electron chi connectivity index (χ3n) is 3.95. The zero-order valence-electron chi connectivity index (χ0n) is 16.8. The Morgan fingerprint density at radius 1 is 0.806 bits per heavy atom. The molecule has 0 amide bonds. The van der Waals surface area contributed by atoms with Crippen molar-refractivity contribution in [3.05, 3.63) is 95.7 Å². The van der Waals surface area contributed by atoms with E-state index in [0.717, 1.165) is 11.1 Å². The molecule has 0 aliphatic rings. The van der Waals surface area contributed by atoms with Gasteiger partial charge in [-0.1, -0.05) is 60.7 Å². The highest BCUT2D eigenvalue weighted by molar-refractivity contribution is 5.75. The Labute approximate surface area is 181 Å². The smallest absolute Gasteiger partial charge is 0.325 e. The Kier molecular flexibility index (Phi) is 9.59. The van der Waals surface area contributed by atoms with Crippen LogP contribution in [0.1, 0.15) is 11.1 Å². The molecular formula is C24H21N3O4. The van der Waals surface area contributed by atoms with Gasteiger partial charge in [-0.25, -0.2) is 0 Å². The van der Waals surface area contributed by atoms with Gasteiger partial charge in [0.15, 0.2) is 0 Å². The summed E-state index contributed by atoms with van der Waals surface area (Å²) in [7, 11) is 0. The van der Waals surface area contributed by atoms with Gasteiger partial charge < -0.3 is 14.4 Å². The van der Waals surface area contributed by atoms with Crippen molar-refractivity contribution in [2.24, 2.45) is 0 Å². The lowest BCUT2D eigenvalue weighted by atomic mass is 10.2. The van der Waals surface area contributed by atoms with E-state index in [0.29, 0.717) is 0 Å². The highest BCUT2D eigenvalue weighted by atomic mass is 16.5. The molecule has 0 unspecified atom stereocenters. The van der Waals surface area contributed by atoms with Crippen molar-refractivity contribution in [3.8, 4) is 12.1 Å². The van der Waals surface area contributed by atoms with Crippen LogP contribution < -0.4 is 0 Å². The summed E-state index contributed by atoms with van der Waals surface area (Å²) in [6, 6.07) is 21.9. The second-order valence-corrected chi connectivity index (χ2v) is 6.34. The average Bonchev–Trinajstić information content (AvgIpc) is 2.80. The van der Waals surface area contributed by atoms with Crippen molar-refractivity contribution >= 4 is 11.9 Å². The van der Waals surface area contributed by atoms with Gasteiger partial charge in [-0.05, 0) is 23.3 Å². The maximum atomic E-state index is 12.2. The largest absolute Gasteiger partial charge is 0.459 e. The first-order valence-electron chi connectivity index (χ1n) is 9.42. The number of carbonyl (C=O) groups excluding carboxylic acids is 2. The Morgan fingerprint density at radius 2 is 1.26 bits per heavy atom. The predicted molar refractivity (Wildman–Crippen MR) is 112 cm³/mol. The molecule has 0 aliphatic heterocycles. The Balaban J connectivity index is 1.96. The molecule has 2 rings (SSSR count). The molecule has 7 nitrogen and oxygen atoms in total. The first kappa shape index (κ1) is 22.9. The first-order valence-corrected chi connectivity index (χ1v) is 9.42. The van der Waals surface area contributed by atoms with Gasteiger partial charge in [0.25, 0.3) is 0 Å². The summed E-state index contributed by atoms with van der Waals surface area (Å²) in [5.74, 6) is -1.07. The van der Waals surface area contributed by atoms with Crippen LogP contribution in [0, 0.1) is 22.7 Å². The molecular weight excluding hydrogens is 394 g/mol. The Bertz CT molecular complexity index is 929. The molecule has 0 N–H and O–H groups in total. The molecule has 0 bridgehead atoms. The molecule has 0 radical (unpaired) electrons. The van der Waals surface area contributed by atoms with E-state index in [9.17, 15) is 9.59 Å². The van der Waals surface area contributed by atoms with E-state index >= 15 is 0 Å². The number of carbonyl (C=O) groups is 2. The number of ether oxygens (including phenoxy) is 2. The van der Waals surface area contributed by atoms with E-state index in [1.165, 1.54) is 23.3 Å². The molecule has 0 spiro atoms. The molecule has 31 heavy (non-hydrogen) atoms. The summed E-state index contributed by atoms with van der Waals surface area (Å²) >= 11 is 0. The molecule has 0 fully saturated rings. The summed E-state index contributed by atoms with van der Waals surface area (Å²) in [5, 5.41) is 17.6. The molecule has 0 saturated carbocycles. The van der Waals surface area contributed by atoms with Crippen LogP contribution in [0.2, 0.25) is 0 Å². The fourth-order valence-electron chi connectivity index (χ4n) is 2.42. The average molecular weight is 415 g/mol. The fraction of sp³-hybridized carbons (Fsp3) is 0.167. The molecule has 7 heteroatoms. The minimum atomic E-state index is -0.533. The van der Waals surface area contributed by atoms with Crippen molar-refractivity contribution in [1.82, 2.24) is 4.90 Å². The Morgan fingerprint density at radius 3 is 1.68 bits per heavy atom. The zero-order valence-corrected chi connectivity index (χ0v) is 16.8. The van der Waals surface area contributed by atoms with Crippen LogP contribution in [0.3, 0.4) is 0 Å². The molecule has 0 aliphatic carbocycles. The van der Waals surface area contributed by atoms with E-state index in [-0.39, 0.29) is 31.9 Å². The van der Waals surface area contributed by atoms with Crippen molar-refractivity contribution in [1.29, 1.82) is 10.5 Å². The lowest BCUT2D eigenvalue weighted by Crippen LogP contribution is -2.32. The van der Waals surface area contributed by atoms with Crippen LogP contribution in [0.25, 0.3) is 0 Å². The number of benzene rings is 2. The number of allylic oxidation sites excluding steroid dienone is 3. The predicted octanol–water partition coefficient (Wildman–Crippen LogP) is 3.26. The van der Waals surface area contributed by atoms with Gasteiger partial charge in [0, 0.05) is 6.20 Å². The quantitative estimate of drug-likeness (QED) is 0.333. The van der Waals surface area contributed by atoms with Gasteiger partial charge in [-0.2, -0.15) is 10.5 Å². The summed E-state index contributed by atoms with van der Waals surface area (Å²) in [5.41, 5.74) is 1.58. The minimum Gasteiger partial charge on any atom is -0.459 e. The SMILES string of the molecule is N#CC(C#N)=C/C=C/N(CC(=O)OCc1ccccc1)CC(=O)OCc1ccccc1. The van der Waals surface area contributed by atoms with E-state index in [4.69, 9.17) is 20.0 Å². The molecule has 0 aromatic heterocycles. The van der Waals surface area contributed by atoms with Crippen molar-refractivity contribution < 1.29 is 19.1 Å². The van der Waals surface area contributed by atoms with Crippen molar-refractivity contribution in [3.63, 3.8) is 0 Å². The van der Waals surface area contributed by atoms with E-state index in [1.807, 2.05) is 60.7 Å². The molecule has 0 heterocycles. The maximum absolute atomic E-state index is 12.2. The van der Waals surface area contributed by atoms with E-state index in [1.54, 1.807) is 12.1 Å². The molecule has 0 atom stereocenters. The monoisotopic (exact) mass is 415 g/mol. The maximum Gasteiger partial charge on any atom is 0.325 e. The number of hydrogen-bond donors (Lipinski definition) is 0. The van der Waals surface area contributed by atoms with Crippen LogP contribution in [0.5, 0.6) is 0 Å². The van der Waals surface area contributed by atoms with Gasteiger partial charge >= 0.3 is 11.9 Å². The van der Waals surface area contributed by atoms with Crippen LogP contribution in [0.15, 0.2) is 84.6 Å². The van der Waals surface area contributed by atoms with Crippen LogP contribution in [-0.2, 0) is 32.3 Å². The number of hydrogen-bond acceptors (Lipinski definition) is 7. The fourth-order valence-corrected chi connectivity index (χ4v) is 2.42. The molecule has 0 saturated heterocycles. The molecule has 2 aromatic rings. The van der Waals surface area contributed by atoms with E-state index < -0.39 is 11.9 Å². The van der Waals surface area contributed by atoms with Gasteiger partial charge in [-0.15, -0.1) is 0 Å². The molecule has 2 aromatic carbocycles. The zero-order chi connectivity index (χ0) is 22.3. The summed E-state index contributed by atoms with van der Waals surface area (Å²) < 4.78 is 10.5. The van der Waals surface area contributed by atoms with Gasteiger partial charge in [0.05, 0.1) is 0 Å². The number of nitriles is 2. The summed E-state index contributed by atoms with van der Waals surface area (Å²) in [4.78, 5) is 25.8. The topological polar surface area (TPSA) is 103 Å². The van der Waals surface area contributed by atoms with Gasteiger partial charge in [-0.3, -0.25) is 9.59 Å². The second kappa shape index (κ2) is 13.0. The highest BCUT2D eigenvalue weighted by Gasteiger charge is 2.14. The number of esters is 2. The van der Waals surface area contributed by atoms with Gasteiger partial charge in [0.2, 0.25) is 0 Å². The second-order valence-electron chi connectivity index (χ2n) is 6.34. The van der Waals surface area contributed by atoms with Crippen molar-refractivity contribution in [2.45, 2.75) is 13.2 Å². The summed E-state index contributed by atoms with van der Waals surface area (Å²) in [6.07, 6.45) is 4.14. The van der Waals surface area contributed by atoms with Crippen LogP contribution in [-0.4, -0.2) is 29.9 Å². The first-order chi connectivity index (χ1) is 15.1. The van der Waals surface area contributed by atoms with Crippen LogP contribution in [0.4, 0.5) is 0 Å². The normalized spacial score (nSPS) is 9.87. The van der Waals surface area contributed by atoms with Gasteiger partial charge in [0.1, 0.15) is 44.0 Å².